The maximum absolute atomic E-state index is 13.6. The zero-order chi connectivity index (χ0) is 13.0. The molecule has 1 aromatic heterocycles. The van der Waals surface area contributed by atoms with E-state index in [0.717, 1.165) is 11.1 Å². The highest BCUT2D eigenvalue weighted by atomic mass is 35.5. The average molecular weight is 284 g/mol. The third-order valence-corrected chi connectivity index (χ3v) is 3.26. The number of aromatic nitrogens is 2. The van der Waals surface area contributed by atoms with E-state index >= 15 is 0 Å². The molecule has 6 heteroatoms. The van der Waals surface area contributed by atoms with Gasteiger partial charge < -0.3 is 5.32 Å². The second kappa shape index (κ2) is 6.02. The molecule has 0 amide bonds. The molecule has 0 aliphatic rings. The van der Waals surface area contributed by atoms with Crippen molar-refractivity contribution in [3.63, 3.8) is 0 Å². The molecule has 1 heterocycles. The maximum Gasteiger partial charge on any atom is 0.223 e. The fourth-order valence-corrected chi connectivity index (χ4v) is 2.40. The molecular formula is C12H11ClFN3S. The van der Waals surface area contributed by atoms with Crippen molar-refractivity contribution in [1.29, 1.82) is 0 Å². The summed E-state index contributed by atoms with van der Waals surface area (Å²) in [5.74, 6) is -0.0231. The Bertz CT molecular complexity index is 551. The third-order valence-electron chi connectivity index (χ3n) is 2.06. The minimum Gasteiger partial charge on any atom is -0.354 e. The van der Waals surface area contributed by atoms with Gasteiger partial charge in [-0.15, -0.1) is 0 Å². The number of hydrogen-bond acceptors (Lipinski definition) is 4. The predicted molar refractivity (Wildman–Crippen MR) is 71.7 cm³/mol. The molecule has 0 aliphatic carbocycles. The first-order valence-corrected chi connectivity index (χ1v) is 6.58. The second-order valence-corrected chi connectivity index (χ2v) is 4.94. The van der Waals surface area contributed by atoms with Gasteiger partial charge in [0.25, 0.3) is 0 Å². The number of halogens is 2. The number of anilines is 1. The Kier molecular flexibility index (Phi) is 4.38. The standard InChI is InChI=1S/C12H11ClFN3S/c1-2-15-12-16-7-10(14)11(17-12)18-9-5-3-4-8(13)6-9/h3-7H,2H2,1H3,(H,15,16,17). The lowest BCUT2D eigenvalue weighted by Crippen LogP contribution is -2.03. The molecule has 0 bridgehead atoms. The van der Waals surface area contributed by atoms with Gasteiger partial charge in [0.1, 0.15) is 5.03 Å². The van der Waals surface area contributed by atoms with E-state index in [4.69, 9.17) is 11.6 Å². The van der Waals surface area contributed by atoms with E-state index in [1.165, 1.54) is 11.8 Å². The molecule has 0 saturated carbocycles. The second-order valence-electron chi connectivity index (χ2n) is 3.44. The molecule has 2 aromatic rings. The topological polar surface area (TPSA) is 37.8 Å². The molecule has 94 valence electrons. The van der Waals surface area contributed by atoms with Crippen molar-refractivity contribution in [1.82, 2.24) is 9.97 Å². The van der Waals surface area contributed by atoms with E-state index in [-0.39, 0.29) is 5.03 Å². The van der Waals surface area contributed by atoms with Crippen LogP contribution in [0.4, 0.5) is 10.3 Å². The van der Waals surface area contributed by atoms with Crippen molar-refractivity contribution in [3.8, 4) is 0 Å². The first-order valence-electron chi connectivity index (χ1n) is 5.39. The van der Waals surface area contributed by atoms with E-state index in [2.05, 4.69) is 15.3 Å². The molecule has 0 aliphatic heterocycles. The molecule has 0 radical (unpaired) electrons. The van der Waals surface area contributed by atoms with Crippen LogP contribution in [0.2, 0.25) is 5.02 Å². The van der Waals surface area contributed by atoms with Gasteiger partial charge in [0, 0.05) is 16.5 Å². The van der Waals surface area contributed by atoms with Gasteiger partial charge in [-0.2, -0.15) is 0 Å². The van der Waals surface area contributed by atoms with Gasteiger partial charge in [-0.1, -0.05) is 29.4 Å². The van der Waals surface area contributed by atoms with Crippen molar-refractivity contribution in [2.75, 3.05) is 11.9 Å². The monoisotopic (exact) mass is 283 g/mol. The SMILES string of the molecule is CCNc1ncc(F)c(Sc2cccc(Cl)c2)n1. The summed E-state index contributed by atoms with van der Waals surface area (Å²) in [5.41, 5.74) is 0. The molecule has 1 N–H and O–H groups in total. The Labute approximate surface area is 114 Å². The largest absolute Gasteiger partial charge is 0.354 e. The van der Waals surface area contributed by atoms with Crippen LogP contribution < -0.4 is 5.32 Å². The van der Waals surface area contributed by atoms with Gasteiger partial charge in [-0.05, 0) is 25.1 Å². The molecule has 3 nitrogen and oxygen atoms in total. The molecule has 0 atom stereocenters. The van der Waals surface area contributed by atoms with Gasteiger partial charge in [0.15, 0.2) is 5.82 Å². The van der Waals surface area contributed by atoms with Gasteiger partial charge >= 0.3 is 0 Å². The van der Waals surface area contributed by atoms with Crippen LogP contribution in [0.5, 0.6) is 0 Å². The van der Waals surface area contributed by atoms with Crippen molar-refractivity contribution >= 4 is 29.3 Å². The van der Waals surface area contributed by atoms with Gasteiger partial charge in [-0.25, -0.2) is 14.4 Å². The molecule has 0 unspecified atom stereocenters. The highest BCUT2D eigenvalue weighted by molar-refractivity contribution is 7.99. The maximum atomic E-state index is 13.6. The normalized spacial score (nSPS) is 10.4. The molecule has 0 fully saturated rings. The summed E-state index contributed by atoms with van der Waals surface area (Å²) in [6.45, 7) is 2.61. The summed E-state index contributed by atoms with van der Waals surface area (Å²) in [4.78, 5) is 8.80. The molecule has 18 heavy (non-hydrogen) atoms. The molecule has 0 saturated heterocycles. The van der Waals surface area contributed by atoms with Crippen LogP contribution in [0.1, 0.15) is 6.92 Å². The predicted octanol–water partition coefficient (Wildman–Crippen LogP) is 3.85. The summed E-state index contributed by atoms with van der Waals surface area (Å²) >= 11 is 7.10. The van der Waals surface area contributed by atoms with Crippen LogP contribution in [-0.2, 0) is 0 Å². The quantitative estimate of drug-likeness (QED) is 0.865. The van der Waals surface area contributed by atoms with Crippen LogP contribution in [-0.4, -0.2) is 16.5 Å². The Balaban J connectivity index is 2.25. The smallest absolute Gasteiger partial charge is 0.223 e. The Morgan fingerprint density at radius 1 is 1.44 bits per heavy atom. The van der Waals surface area contributed by atoms with E-state index < -0.39 is 5.82 Å². The number of hydrogen-bond donors (Lipinski definition) is 1. The minimum atomic E-state index is -0.443. The number of nitrogens with zero attached hydrogens (tertiary/aromatic N) is 2. The van der Waals surface area contributed by atoms with Gasteiger partial charge in [0.2, 0.25) is 5.95 Å². The third kappa shape index (κ3) is 3.34. The number of rotatable bonds is 4. The van der Waals surface area contributed by atoms with Crippen LogP contribution in [0.15, 0.2) is 40.4 Å². The van der Waals surface area contributed by atoms with Crippen LogP contribution in [0.25, 0.3) is 0 Å². The molecule has 0 spiro atoms. The first kappa shape index (κ1) is 13.1. The van der Waals surface area contributed by atoms with Crippen LogP contribution in [0.3, 0.4) is 0 Å². The minimum absolute atomic E-state index is 0.281. The van der Waals surface area contributed by atoms with Crippen molar-refractivity contribution in [2.24, 2.45) is 0 Å². The van der Waals surface area contributed by atoms with E-state index in [1.54, 1.807) is 12.1 Å². The van der Waals surface area contributed by atoms with Crippen LogP contribution in [0, 0.1) is 5.82 Å². The van der Waals surface area contributed by atoms with Crippen molar-refractivity contribution in [3.05, 3.63) is 41.3 Å². The lowest BCUT2D eigenvalue weighted by Gasteiger charge is -2.05. The van der Waals surface area contributed by atoms with Crippen molar-refractivity contribution in [2.45, 2.75) is 16.8 Å². The van der Waals surface area contributed by atoms with Crippen LogP contribution >= 0.6 is 23.4 Å². The summed E-state index contributed by atoms with van der Waals surface area (Å²) in [6.07, 6.45) is 1.16. The lowest BCUT2D eigenvalue weighted by molar-refractivity contribution is 0.580. The molecular weight excluding hydrogens is 273 g/mol. The first-order chi connectivity index (χ1) is 8.69. The Hall–Kier alpha value is -1.33. The summed E-state index contributed by atoms with van der Waals surface area (Å²) in [6, 6.07) is 7.20. The van der Waals surface area contributed by atoms with Gasteiger partial charge in [0.05, 0.1) is 6.20 Å². The average Bonchev–Trinajstić information content (AvgIpc) is 2.34. The fourth-order valence-electron chi connectivity index (χ4n) is 1.31. The fraction of sp³-hybridized carbons (Fsp3) is 0.167. The Morgan fingerprint density at radius 2 is 2.28 bits per heavy atom. The lowest BCUT2D eigenvalue weighted by atomic mass is 10.4. The Morgan fingerprint density at radius 3 is 3.00 bits per heavy atom. The summed E-state index contributed by atoms with van der Waals surface area (Å²) < 4.78 is 13.6. The molecule has 2 rings (SSSR count). The molecule has 1 aromatic carbocycles. The summed E-state index contributed by atoms with van der Waals surface area (Å²) in [7, 11) is 0. The van der Waals surface area contributed by atoms with Crippen molar-refractivity contribution < 1.29 is 4.39 Å². The highest BCUT2D eigenvalue weighted by Gasteiger charge is 2.08. The zero-order valence-electron chi connectivity index (χ0n) is 9.65. The van der Waals surface area contributed by atoms with Gasteiger partial charge in [-0.3, -0.25) is 0 Å². The number of nitrogens with one attached hydrogen (secondary N) is 1. The van der Waals surface area contributed by atoms with E-state index in [0.29, 0.717) is 17.5 Å². The number of benzene rings is 1. The highest BCUT2D eigenvalue weighted by Crippen LogP contribution is 2.29. The van der Waals surface area contributed by atoms with E-state index in [9.17, 15) is 4.39 Å². The summed E-state index contributed by atoms with van der Waals surface area (Å²) in [5, 5.41) is 3.84. The zero-order valence-corrected chi connectivity index (χ0v) is 11.2. The van der Waals surface area contributed by atoms with E-state index in [1.807, 2.05) is 19.1 Å².